The summed E-state index contributed by atoms with van der Waals surface area (Å²) >= 11 is 0. The van der Waals surface area contributed by atoms with Crippen LogP contribution in [0.1, 0.15) is 34.6 Å². The van der Waals surface area contributed by atoms with Gasteiger partial charge >= 0.3 is 0 Å². The third-order valence-electron chi connectivity index (χ3n) is 2.85. The van der Waals surface area contributed by atoms with Gasteiger partial charge in [-0.05, 0) is 33.1 Å². The molecule has 0 bridgehead atoms. The van der Waals surface area contributed by atoms with Crippen LogP contribution in [0.25, 0.3) is 0 Å². The Balaban J connectivity index is 5.18. The zero-order valence-corrected chi connectivity index (χ0v) is 14.0. The average molecular weight is 298 g/mol. The van der Waals surface area contributed by atoms with Crippen molar-refractivity contribution in [2.75, 3.05) is 32.8 Å². The molecule has 0 aliphatic rings. The van der Waals surface area contributed by atoms with Crippen molar-refractivity contribution >= 4 is 17.5 Å². The van der Waals surface area contributed by atoms with Gasteiger partial charge in [0.15, 0.2) is 5.50 Å². The minimum Gasteiger partial charge on any atom is -0.347 e. The van der Waals surface area contributed by atoms with E-state index in [2.05, 4.69) is 0 Å². The molecule has 0 aromatic heterocycles. The van der Waals surface area contributed by atoms with E-state index in [4.69, 9.17) is 4.52 Å². The van der Waals surface area contributed by atoms with Crippen LogP contribution in [0, 0.1) is 0 Å². The third kappa shape index (κ3) is 5.10. The van der Waals surface area contributed by atoms with Crippen molar-refractivity contribution in [1.29, 1.82) is 0 Å². The molecular formula is C11H27N2O3PS. The molecule has 0 N–H and O–H groups in total. The van der Waals surface area contributed by atoms with Crippen molar-refractivity contribution in [2.45, 2.75) is 40.1 Å². The fourth-order valence-electron chi connectivity index (χ4n) is 1.88. The molecule has 0 aromatic rings. The first kappa shape index (κ1) is 18.3. The normalized spacial score (nSPS) is 13.6. The molecule has 0 aromatic carbocycles. The smallest absolute Gasteiger partial charge is 0.219 e. The molecule has 0 aliphatic heterocycles. The second-order valence-electron chi connectivity index (χ2n) is 3.83. The van der Waals surface area contributed by atoms with Crippen LogP contribution in [0.5, 0.6) is 0 Å². The van der Waals surface area contributed by atoms with Crippen LogP contribution in [-0.2, 0) is 14.0 Å². The molecule has 1 atom stereocenters. The minimum atomic E-state index is -3.27. The Bertz CT molecular complexity index is 291. The highest BCUT2D eigenvalue weighted by Gasteiger charge is 2.34. The predicted octanol–water partition coefficient (Wildman–Crippen LogP) is 1.91. The monoisotopic (exact) mass is 298 g/mol. The van der Waals surface area contributed by atoms with E-state index in [1.54, 1.807) is 0 Å². The first-order valence-corrected chi connectivity index (χ1v) is 9.76. The summed E-state index contributed by atoms with van der Waals surface area (Å²) in [6.07, 6.45) is 0. The van der Waals surface area contributed by atoms with Crippen LogP contribution in [0.2, 0.25) is 0 Å². The minimum absolute atomic E-state index is 0.431. The second-order valence-corrected chi connectivity index (χ2v) is 8.00. The first-order chi connectivity index (χ1) is 8.48. The average Bonchev–Trinajstić information content (AvgIpc) is 2.37. The van der Waals surface area contributed by atoms with Crippen LogP contribution in [0.3, 0.4) is 0 Å². The lowest BCUT2D eigenvalue weighted by Crippen LogP contribution is -2.51. The van der Waals surface area contributed by atoms with Gasteiger partial charge in [-0.2, -0.15) is 0 Å². The van der Waals surface area contributed by atoms with Crippen molar-refractivity contribution in [3.63, 3.8) is 0 Å². The van der Waals surface area contributed by atoms with E-state index in [1.807, 2.05) is 44.4 Å². The highest BCUT2D eigenvalue weighted by Crippen LogP contribution is 2.30. The van der Waals surface area contributed by atoms with Crippen LogP contribution < -0.4 is 0 Å². The van der Waals surface area contributed by atoms with Crippen LogP contribution in [0.4, 0.5) is 0 Å². The molecule has 0 amide bonds. The summed E-state index contributed by atoms with van der Waals surface area (Å²) in [4.78, 5) is 3.93. The number of nitrogens with zero attached hydrogens (tertiary/aromatic N) is 2. The quantitative estimate of drug-likeness (QED) is 0.455. The van der Waals surface area contributed by atoms with E-state index >= 15 is 0 Å². The molecule has 0 spiro atoms. The van der Waals surface area contributed by atoms with Gasteiger partial charge in [0, 0.05) is 6.61 Å². The highest BCUT2D eigenvalue weighted by atomic mass is 32.8. The van der Waals surface area contributed by atoms with Gasteiger partial charge in [-0.3, -0.25) is 9.80 Å². The van der Waals surface area contributed by atoms with Gasteiger partial charge < -0.3 is 4.52 Å². The van der Waals surface area contributed by atoms with E-state index in [9.17, 15) is 8.42 Å². The summed E-state index contributed by atoms with van der Waals surface area (Å²) in [6.45, 7) is 13.0. The summed E-state index contributed by atoms with van der Waals surface area (Å²) in [5.74, 6) is 0. The fraction of sp³-hybridized carbons (Fsp3) is 1.00. The Morgan fingerprint density at radius 2 is 1.33 bits per heavy atom. The van der Waals surface area contributed by atoms with Crippen molar-refractivity contribution in [1.82, 2.24) is 9.80 Å². The summed E-state index contributed by atoms with van der Waals surface area (Å²) in [5.41, 5.74) is -0.563. The van der Waals surface area contributed by atoms with Crippen LogP contribution in [-0.4, -0.2) is 56.5 Å². The molecule has 0 saturated heterocycles. The van der Waals surface area contributed by atoms with Crippen molar-refractivity contribution in [3.05, 3.63) is 0 Å². The largest absolute Gasteiger partial charge is 0.347 e. The second kappa shape index (κ2) is 9.21. The zero-order chi connectivity index (χ0) is 14.2. The Morgan fingerprint density at radius 1 is 0.944 bits per heavy atom. The van der Waals surface area contributed by atoms with E-state index in [1.165, 1.54) is 0 Å². The predicted molar refractivity (Wildman–Crippen MR) is 78.5 cm³/mol. The summed E-state index contributed by atoms with van der Waals surface area (Å²) in [7, 11) is -3.75. The standard InChI is InChI=1S/C11H27N2O3PS/c1-6-12(7-2)11(13(8-3)9-4)18(14,15)17-16-10-5/h11,17H,6-10H2,1-5H3. The van der Waals surface area contributed by atoms with Gasteiger partial charge in [0.1, 0.15) is 8.01 Å². The van der Waals surface area contributed by atoms with Gasteiger partial charge in [-0.25, -0.2) is 8.42 Å². The molecular weight excluding hydrogens is 271 g/mol. The Kier molecular flexibility index (Phi) is 9.34. The molecule has 7 heteroatoms. The van der Waals surface area contributed by atoms with Crippen molar-refractivity contribution in [3.8, 4) is 0 Å². The van der Waals surface area contributed by atoms with Gasteiger partial charge in [-0.15, -0.1) is 0 Å². The number of hydrogen-bond donors (Lipinski definition) is 0. The molecule has 18 heavy (non-hydrogen) atoms. The highest BCUT2D eigenvalue weighted by molar-refractivity contribution is 8.42. The molecule has 0 rings (SSSR count). The lowest BCUT2D eigenvalue weighted by Gasteiger charge is -2.36. The molecule has 0 aliphatic carbocycles. The van der Waals surface area contributed by atoms with E-state index in [-0.39, 0.29) is 0 Å². The van der Waals surface area contributed by atoms with Gasteiger partial charge in [0.2, 0.25) is 9.46 Å². The maximum atomic E-state index is 12.4. The number of rotatable bonds is 10. The maximum absolute atomic E-state index is 12.4. The molecule has 110 valence electrons. The topological polar surface area (TPSA) is 49.9 Å². The van der Waals surface area contributed by atoms with Crippen molar-refractivity contribution < 1.29 is 12.9 Å². The Morgan fingerprint density at radius 3 is 1.61 bits per heavy atom. The van der Waals surface area contributed by atoms with Crippen molar-refractivity contribution in [2.24, 2.45) is 0 Å². The van der Waals surface area contributed by atoms with Gasteiger partial charge in [0.25, 0.3) is 0 Å². The molecule has 1 unspecified atom stereocenters. The lowest BCUT2D eigenvalue weighted by atomic mass is 10.5. The summed E-state index contributed by atoms with van der Waals surface area (Å²) in [6, 6.07) is 0. The molecule has 0 heterocycles. The van der Waals surface area contributed by atoms with E-state index < -0.39 is 23.0 Å². The molecule has 0 fully saturated rings. The zero-order valence-electron chi connectivity index (χ0n) is 12.1. The fourth-order valence-corrected chi connectivity index (χ4v) is 5.63. The summed E-state index contributed by atoms with van der Waals surface area (Å²) < 4.78 is 30.0. The van der Waals surface area contributed by atoms with E-state index in [0.717, 1.165) is 0 Å². The molecule has 0 radical (unpaired) electrons. The van der Waals surface area contributed by atoms with Gasteiger partial charge in [-0.1, -0.05) is 27.7 Å². The third-order valence-corrected chi connectivity index (χ3v) is 6.32. The number of hydrogen-bond acceptors (Lipinski definition) is 5. The molecule has 5 nitrogen and oxygen atoms in total. The first-order valence-electron chi connectivity index (χ1n) is 6.58. The maximum Gasteiger partial charge on any atom is 0.219 e. The van der Waals surface area contributed by atoms with Crippen LogP contribution >= 0.6 is 8.01 Å². The van der Waals surface area contributed by atoms with E-state index in [0.29, 0.717) is 32.8 Å². The Labute approximate surface area is 113 Å². The molecule has 0 saturated carbocycles. The van der Waals surface area contributed by atoms with Crippen LogP contribution in [0.15, 0.2) is 0 Å². The SMILES string of the molecule is CCOPS(=O)(=O)C(N(CC)CC)N(CC)CC. The van der Waals surface area contributed by atoms with Gasteiger partial charge in [0.05, 0.1) is 0 Å². The Hall–Kier alpha value is 0.260. The lowest BCUT2D eigenvalue weighted by molar-refractivity contribution is 0.117. The summed E-state index contributed by atoms with van der Waals surface area (Å²) in [5, 5.41) is 0.